The van der Waals surface area contributed by atoms with Crippen molar-refractivity contribution in [3.8, 4) is 28.8 Å². The molecule has 0 radical (unpaired) electrons. The molecule has 0 aliphatic carbocycles. The topological polar surface area (TPSA) is 109 Å². The Morgan fingerprint density at radius 2 is 1.93 bits per heavy atom. The molecule has 0 bridgehead atoms. The van der Waals surface area contributed by atoms with Gasteiger partial charge in [-0.2, -0.15) is 0 Å². The van der Waals surface area contributed by atoms with Crippen molar-refractivity contribution in [3.05, 3.63) is 48.5 Å². The predicted octanol–water partition coefficient (Wildman–Crippen LogP) is 3.61. The highest BCUT2D eigenvalue weighted by Gasteiger charge is 2.09. The summed E-state index contributed by atoms with van der Waals surface area (Å²) < 4.78 is 21.0. The number of methoxy groups -OCH3 is 1. The van der Waals surface area contributed by atoms with Crippen molar-refractivity contribution in [1.82, 2.24) is 20.4 Å². The Morgan fingerprint density at radius 1 is 1.14 bits per heavy atom. The van der Waals surface area contributed by atoms with E-state index in [1.165, 1.54) is 7.11 Å². The van der Waals surface area contributed by atoms with Gasteiger partial charge in [0.25, 0.3) is 0 Å². The van der Waals surface area contributed by atoms with Crippen molar-refractivity contribution in [2.45, 2.75) is 26.4 Å². The summed E-state index contributed by atoms with van der Waals surface area (Å²) >= 11 is 0. The van der Waals surface area contributed by atoms with Gasteiger partial charge >= 0.3 is 6.09 Å². The molecule has 0 spiro atoms. The van der Waals surface area contributed by atoms with Gasteiger partial charge in [-0.25, -0.2) is 14.8 Å². The lowest BCUT2D eigenvalue weighted by Crippen LogP contribution is -2.25. The first-order valence-electron chi connectivity index (χ1n) is 9.08. The van der Waals surface area contributed by atoms with Crippen LogP contribution in [0.1, 0.15) is 19.6 Å². The van der Waals surface area contributed by atoms with E-state index in [9.17, 15) is 4.79 Å². The number of hydrogen-bond acceptors (Lipinski definition) is 8. The Bertz CT molecular complexity index is 923. The van der Waals surface area contributed by atoms with Crippen molar-refractivity contribution >= 4 is 6.09 Å². The van der Waals surface area contributed by atoms with Gasteiger partial charge < -0.3 is 24.1 Å². The number of ether oxygens (including phenoxy) is 3. The maximum atomic E-state index is 11.0. The molecule has 0 aromatic carbocycles. The second-order valence-corrected chi connectivity index (χ2v) is 6.33. The number of amides is 1. The number of carbonyl (C=O) groups excluding carboxylic acids is 1. The van der Waals surface area contributed by atoms with Crippen LogP contribution in [0.15, 0.2) is 47.2 Å². The lowest BCUT2D eigenvalue weighted by atomic mass is 10.2. The number of alkyl carbamates (subject to hydrolysis) is 1. The molecule has 0 aliphatic heterocycles. The van der Waals surface area contributed by atoms with Crippen molar-refractivity contribution in [3.63, 3.8) is 0 Å². The Morgan fingerprint density at radius 3 is 2.59 bits per heavy atom. The fraction of sp³-hybridized carbons (Fsp3) is 0.300. The molecule has 3 heterocycles. The minimum Gasteiger partial charge on any atom is -0.475 e. The van der Waals surface area contributed by atoms with Gasteiger partial charge in [0.1, 0.15) is 17.2 Å². The van der Waals surface area contributed by atoms with Gasteiger partial charge in [0.15, 0.2) is 0 Å². The van der Waals surface area contributed by atoms with E-state index in [0.717, 1.165) is 5.56 Å². The van der Waals surface area contributed by atoms with E-state index in [4.69, 9.17) is 14.0 Å². The van der Waals surface area contributed by atoms with Crippen molar-refractivity contribution < 1.29 is 23.5 Å². The summed E-state index contributed by atoms with van der Waals surface area (Å²) in [6.45, 7) is 4.27. The molecule has 0 saturated heterocycles. The molecular formula is C20H22N4O5. The Labute approximate surface area is 168 Å². The molecule has 3 aromatic heterocycles. The molecule has 3 aromatic rings. The second-order valence-electron chi connectivity index (χ2n) is 6.33. The Hall–Kier alpha value is -3.62. The van der Waals surface area contributed by atoms with Crippen LogP contribution in [0.4, 0.5) is 4.79 Å². The third-order valence-electron chi connectivity index (χ3n) is 3.71. The highest BCUT2D eigenvalue weighted by molar-refractivity contribution is 5.66. The van der Waals surface area contributed by atoms with Gasteiger partial charge in [-0.1, -0.05) is 5.16 Å². The van der Waals surface area contributed by atoms with Crippen LogP contribution in [0.2, 0.25) is 0 Å². The highest BCUT2D eigenvalue weighted by atomic mass is 16.5. The van der Waals surface area contributed by atoms with Crippen LogP contribution in [0, 0.1) is 0 Å². The van der Waals surface area contributed by atoms with E-state index in [0.29, 0.717) is 41.9 Å². The average molecular weight is 398 g/mol. The predicted molar refractivity (Wildman–Crippen MR) is 104 cm³/mol. The number of rotatable bonds is 8. The largest absolute Gasteiger partial charge is 0.475 e. The highest BCUT2D eigenvalue weighted by Crippen LogP contribution is 2.24. The summed E-state index contributed by atoms with van der Waals surface area (Å²) in [6, 6.07) is 8.89. The molecule has 9 heteroatoms. The van der Waals surface area contributed by atoms with E-state index >= 15 is 0 Å². The van der Waals surface area contributed by atoms with Crippen LogP contribution in [-0.4, -0.2) is 41.0 Å². The number of hydrogen-bond donors (Lipinski definition) is 1. The minimum absolute atomic E-state index is 0.0598. The standard InChI is InChI=1S/C20H22N4O5/c1-13(2)27-18-7-5-16(12-23-18)28-19-6-4-14(11-22-19)17-10-15(29-24-17)8-9-21-20(25)26-3/h4-7,10-13H,8-9H2,1-3H3,(H,21,25). The summed E-state index contributed by atoms with van der Waals surface area (Å²) in [5.74, 6) is 2.17. The van der Waals surface area contributed by atoms with Gasteiger partial charge in [-0.05, 0) is 26.0 Å². The SMILES string of the molecule is COC(=O)NCCc1cc(-c2ccc(Oc3ccc(OC(C)C)nc3)nc2)no1. The zero-order valence-corrected chi connectivity index (χ0v) is 16.4. The molecule has 0 fully saturated rings. The molecule has 152 valence electrons. The van der Waals surface area contributed by atoms with Crippen LogP contribution in [0.25, 0.3) is 11.3 Å². The number of nitrogens with one attached hydrogen (secondary N) is 1. The number of nitrogens with zero attached hydrogens (tertiary/aromatic N) is 3. The Kier molecular flexibility index (Phi) is 6.62. The van der Waals surface area contributed by atoms with Gasteiger partial charge in [-0.15, -0.1) is 0 Å². The second kappa shape index (κ2) is 9.54. The van der Waals surface area contributed by atoms with Crippen LogP contribution < -0.4 is 14.8 Å². The molecule has 1 amide bonds. The number of aromatic nitrogens is 3. The first kappa shape index (κ1) is 20.1. The normalized spacial score (nSPS) is 10.6. The summed E-state index contributed by atoms with van der Waals surface area (Å²) in [5, 5.41) is 6.61. The van der Waals surface area contributed by atoms with Gasteiger partial charge in [-0.3, -0.25) is 0 Å². The first-order valence-corrected chi connectivity index (χ1v) is 9.08. The average Bonchev–Trinajstić information content (AvgIpc) is 3.18. The molecule has 29 heavy (non-hydrogen) atoms. The molecule has 1 N–H and O–H groups in total. The minimum atomic E-state index is -0.484. The van der Waals surface area contributed by atoms with Crippen LogP contribution >= 0.6 is 0 Å². The van der Waals surface area contributed by atoms with Gasteiger partial charge in [0, 0.05) is 42.9 Å². The van der Waals surface area contributed by atoms with Gasteiger partial charge in [0.05, 0.1) is 19.4 Å². The number of carbonyl (C=O) groups is 1. The van der Waals surface area contributed by atoms with E-state index < -0.39 is 6.09 Å². The van der Waals surface area contributed by atoms with E-state index in [1.54, 1.807) is 36.7 Å². The molecule has 0 atom stereocenters. The fourth-order valence-electron chi connectivity index (χ4n) is 2.38. The zero-order chi connectivity index (χ0) is 20.6. The van der Waals surface area contributed by atoms with Crippen molar-refractivity contribution in [1.29, 1.82) is 0 Å². The third kappa shape index (κ3) is 5.93. The lowest BCUT2D eigenvalue weighted by Gasteiger charge is -2.09. The molecule has 3 rings (SSSR count). The summed E-state index contributed by atoms with van der Waals surface area (Å²) in [5.41, 5.74) is 1.43. The zero-order valence-electron chi connectivity index (χ0n) is 16.4. The van der Waals surface area contributed by atoms with Gasteiger partial charge in [0.2, 0.25) is 11.8 Å². The van der Waals surface area contributed by atoms with Crippen molar-refractivity contribution in [2.75, 3.05) is 13.7 Å². The lowest BCUT2D eigenvalue weighted by molar-refractivity contribution is 0.171. The summed E-state index contributed by atoms with van der Waals surface area (Å²) in [4.78, 5) is 19.5. The molecule has 9 nitrogen and oxygen atoms in total. The fourth-order valence-corrected chi connectivity index (χ4v) is 2.38. The summed E-state index contributed by atoms with van der Waals surface area (Å²) in [6.07, 6.45) is 3.30. The monoisotopic (exact) mass is 398 g/mol. The van der Waals surface area contributed by atoms with Crippen LogP contribution in [0.3, 0.4) is 0 Å². The maximum absolute atomic E-state index is 11.0. The quantitative estimate of drug-likeness (QED) is 0.613. The molecule has 0 unspecified atom stereocenters. The van der Waals surface area contributed by atoms with Crippen LogP contribution in [-0.2, 0) is 11.2 Å². The molecule has 0 saturated carbocycles. The van der Waals surface area contributed by atoms with E-state index in [1.807, 2.05) is 19.9 Å². The smallest absolute Gasteiger partial charge is 0.406 e. The van der Waals surface area contributed by atoms with Crippen molar-refractivity contribution in [2.24, 2.45) is 0 Å². The van der Waals surface area contributed by atoms with Crippen LogP contribution in [0.5, 0.6) is 17.5 Å². The van der Waals surface area contributed by atoms with E-state index in [-0.39, 0.29) is 6.10 Å². The Balaban J connectivity index is 1.57. The first-order chi connectivity index (χ1) is 14.0. The maximum Gasteiger partial charge on any atom is 0.406 e. The third-order valence-corrected chi connectivity index (χ3v) is 3.71. The number of pyridine rings is 2. The molecule has 0 aliphatic rings. The molecular weight excluding hydrogens is 376 g/mol. The van der Waals surface area contributed by atoms with E-state index in [2.05, 4.69) is 25.2 Å². The summed E-state index contributed by atoms with van der Waals surface area (Å²) in [7, 11) is 1.31.